The van der Waals surface area contributed by atoms with Gasteiger partial charge in [0.2, 0.25) is 0 Å². The third kappa shape index (κ3) is 5.34. The van der Waals surface area contributed by atoms with Crippen molar-refractivity contribution in [2.75, 3.05) is 26.2 Å². The molecule has 2 heterocycles. The van der Waals surface area contributed by atoms with Gasteiger partial charge < -0.3 is 20.4 Å². The predicted molar refractivity (Wildman–Crippen MR) is 119 cm³/mol. The zero-order valence-electron chi connectivity index (χ0n) is 17.4. The first kappa shape index (κ1) is 20.8. The highest BCUT2D eigenvalue weighted by Crippen LogP contribution is 2.32. The number of aromatic nitrogens is 2. The number of thiazole rings is 1. The van der Waals surface area contributed by atoms with Gasteiger partial charge >= 0.3 is 0 Å². The molecule has 1 aromatic carbocycles. The first-order valence-electron chi connectivity index (χ1n) is 10.1. The van der Waals surface area contributed by atoms with Gasteiger partial charge in [-0.3, -0.25) is 0 Å². The molecule has 0 saturated carbocycles. The lowest BCUT2D eigenvalue weighted by Crippen LogP contribution is -2.41. The zero-order valence-corrected chi connectivity index (χ0v) is 18.2. The Bertz CT molecular complexity index is 886. The maximum absolute atomic E-state index is 6.36. The quantitative estimate of drug-likeness (QED) is 0.519. The van der Waals surface area contributed by atoms with Gasteiger partial charge in [-0.1, -0.05) is 26.8 Å². The van der Waals surface area contributed by atoms with E-state index in [4.69, 9.17) is 10.5 Å². The minimum Gasteiger partial charge on any atom is -0.491 e. The number of H-pyrrole nitrogens is 1. The summed E-state index contributed by atoms with van der Waals surface area (Å²) in [4.78, 5) is 11.5. The molecule has 3 aromatic rings. The van der Waals surface area contributed by atoms with Gasteiger partial charge in [0.15, 0.2) is 0 Å². The van der Waals surface area contributed by atoms with Crippen LogP contribution in [0.15, 0.2) is 30.5 Å². The molecule has 0 aliphatic rings. The van der Waals surface area contributed by atoms with E-state index in [0.29, 0.717) is 12.5 Å². The summed E-state index contributed by atoms with van der Waals surface area (Å²) in [6.45, 7) is 12.3. The monoisotopic (exact) mass is 400 g/mol. The Morgan fingerprint density at radius 2 is 2.14 bits per heavy atom. The highest BCUT2D eigenvalue weighted by molar-refractivity contribution is 7.14. The van der Waals surface area contributed by atoms with Crippen LogP contribution in [0.2, 0.25) is 0 Å². The molecule has 5 nitrogen and oxygen atoms in total. The normalized spacial score (nSPS) is 13.0. The zero-order chi connectivity index (χ0) is 20.1. The standard InChI is InChI=1S/C22H32N4OS/c1-5-26(10-9-15(2)3)13-17(23)14-27-21-8-6-7-19-18(21)11-20(25-19)22-24-12-16(4)28-22/h6-8,11-12,15,17,25H,5,9-10,13-14,23H2,1-4H3/t17-/m1/s1. The van der Waals surface area contributed by atoms with Crippen LogP contribution in [0.25, 0.3) is 21.6 Å². The largest absolute Gasteiger partial charge is 0.491 e. The molecule has 2 aromatic heterocycles. The van der Waals surface area contributed by atoms with E-state index in [1.54, 1.807) is 11.3 Å². The van der Waals surface area contributed by atoms with Crippen molar-refractivity contribution >= 4 is 22.2 Å². The van der Waals surface area contributed by atoms with Crippen molar-refractivity contribution in [3.8, 4) is 16.5 Å². The molecule has 0 fully saturated rings. The molecule has 0 bridgehead atoms. The van der Waals surface area contributed by atoms with Crippen LogP contribution in [0.3, 0.4) is 0 Å². The molecular formula is C22H32N4OS. The Morgan fingerprint density at radius 1 is 1.32 bits per heavy atom. The van der Waals surface area contributed by atoms with Crippen molar-refractivity contribution in [1.82, 2.24) is 14.9 Å². The fraction of sp³-hybridized carbons (Fsp3) is 0.500. The number of hydrogen-bond donors (Lipinski definition) is 2. The van der Waals surface area contributed by atoms with Crippen LogP contribution < -0.4 is 10.5 Å². The van der Waals surface area contributed by atoms with Crippen LogP contribution >= 0.6 is 11.3 Å². The molecule has 1 atom stereocenters. The SMILES string of the molecule is CCN(CCC(C)C)C[C@@H](N)COc1cccc2[nH]c(-c3ncc(C)s3)cc12. The topological polar surface area (TPSA) is 67.2 Å². The minimum absolute atomic E-state index is 0.0117. The van der Waals surface area contributed by atoms with Gasteiger partial charge in [-0.15, -0.1) is 11.3 Å². The van der Waals surface area contributed by atoms with Gasteiger partial charge in [0.25, 0.3) is 0 Å². The average Bonchev–Trinajstić information content (AvgIpc) is 3.29. The number of aryl methyl sites for hydroxylation is 1. The number of hydrogen-bond acceptors (Lipinski definition) is 5. The summed E-state index contributed by atoms with van der Waals surface area (Å²) in [6.07, 6.45) is 3.10. The summed E-state index contributed by atoms with van der Waals surface area (Å²) < 4.78 is 6.12. The summed E-state index contributed by atoms with van der Waals surface area (Å²) in [5, 5.41) is 2.07. The summed E-state index contributed by atoms with van der Waals surface area (Å²) in [7, 11) is 0. The van der Waals surface area contributed by atoms with Crippen LogP contribution in [0.5, 0.6) is 5.75 Å². The molecule has 0 saturated heterocycles. The van der Waals surface area contributed by atoms with Crippen LogP contribution in [-0.4, -0.2) is 47.2 Å². The first-order valence-corrected chi connectivity index (χ1v) is 10.9. The number of fused-ring (bicyclic) bond motifs is 1. The number of nitrogens with zero attached hydrogens (tertiary/aromatic N) is 2. The van der Waals surface area contributed by atoms with Gasteiger partial charge in [0.1, 0.15) is 17.4 Å². The molecule has 0 unspecified atom stereocenters. The molecule has 3 N–H and O–H groups in total. The molecule has 0 aliphatic carbocycles. The Morgan fingerprint density at radius 3 is 2.82 bits per heavy atom. The number of ether oxygens (including phenoxy) is 1. The van der Waals surface area contributed by atoms with Gasteiger partial charge in [0, 0.05) is 28.5 Å². The number of rotatable bonds is 10. The molecule has 3 rings (SSSR count). The highest BCUT2D eigenvalue weighted by atomic mass is 32.1. The number of nitrogens with two attached hydrogens (primary N) is 1. The first-order chi connectivity index (χ1) is 13.5. The van der Waals surface area contributed by atoms with E-state index in [9.17, 15) is 0 Å². The van der Waals surface area contributed by atoms with Crippen molar-refractivity contribution in [3.63, 3.8) is 0 Å². The van der Waals surface area contributed by atoms with Crippen LogP contribution in [0.1, 0.15) is 32.1 Å². The van der Waals surface area contributed by atoms with E-state index in [2.05, 4.69) is 54.7 Å². The van der Waals surface area contributed by atoms with Gasteiger partial charge in [0.05, 0.1) is 11.7 Å². The summed E-state index contributed by atoms with van der Waals surface area (Å²) in [6, 6.07) is 8.20. The van der Waals surface area contributed by atoms with Gasteiger partial charge in [-0.05, 0) is 50.6 Å². The Hall–Kier alpha value is -1.89. The fourth-order valence-corrected chi connectivity index (χ4v) is 3.98. The Labute approximate surface area is 171 Å². The van der Waals surface area contributed by atoms with Crippen molar-refractivity contribution < 1.29 is 4.74 Å². The van der Waals surface area contributed by atoms with Crippen LogP contribution in [0.4, 0.5) is 0 Å². The minimum atomic E-state index is -0.0117. The number of benzene rings is 1. The lowest BCUT2D eigenvalue weighted by atomic mass is 10.1. The van der Waals surface area contributed by atoms with E-state index in [0.717, 1.165) is 47.0 Å². The summed E-state index contributed by atoms with van der Waals surface area (Å²) in [5.74, 6) is 1.58. The summed E-state index contributed by atoms with van der Waals surface area (Å²) in [5.41, 5.74) is 8.45. The predicted octanol–water partition coefficient (Wildman–Crippen LogP) is 4.67. The second kappa shape index (κ2) is 9.54. The molecular weight excluding hydrogens is 368 g/mol. The smallest absolute Gasteiger partial charge is 0.139 e. The molecule has 0 amide bonds. The lowest BCUT2D eigenvalue weighted by molar-refractivity contribution is 0.212. The van der Waals surface area contributed by atoms with Crippen LogP contribution in [-0.2, 0) is 0 Å². The maximum Gasteiger partial charge on any atom is 0.139 e. The third-order valence-electron chi connectivity index (χ3n) is 4.89. The van der Waals surface area contributed by atoms with Crippen LogP contribution in [0, 0.1) is 12.8 Å². The average molecular weight is 401 g/mol. The van der Waals surface area contributed by atoms with Gasteiger partial charge in [-0.2, -0.15) is 0 Å². The molecule has 6 heteroatoms. The van der Waals surface area contributed by atoms with Crippen molar-refractivity contribution in [3.05, 3.63) is 35.3 Å². The van der Waals surface area contributed by atoms with Crippen molar-refractivity contribution in [2.24, 2.45) is 11.7 Å². The number of nitrogens with one attached hydrogen (secondary N) is 1. The molecule has 152 valence electrons. The van der Waals surface area contributed by atoms with E-state index >= 15 is 0 Å². The van der Waals surface area contributed by atoms with E-state index < -0.39 is 0 Å². The third-order valence-corrected chi connectivity index (χ3v) is 5.84. The Kier molecular flexibility index (Phi) is 7.10. The highest BCUT2D eigenvalue weighted by Gasteiger charge is 2.13. The van der Waals surface area contributed by atoms with E-state index in [1.165, 1.54) is 11.3 Å². The maximum atomic E-state index is 6.36. The lowest BCUT2D eigenvalue weighted by Gasteiger charge is -2.25. The molecule has 0 radical (unpaired) electrons. The molecule has 28 heavy (non-hydrogen) atoms. The summed E-state index contributed by atoms with van der Waals surface area (Å²) >= 11 is 1.69. The Balaban J connectivity index is 1.64. The second-order valence-electron chi connectivity index (χ2n) is 7.82. The molecule has 0 aliphatic heterocycles. The van der Waals surface area contributed by atoms with E-state index in [1.807, 2.05) is 18.3 Å². The fourth-order valence-electron chi connectivity index (χ4n) is 3.25. The number of likely N-dealkylation sites (N-methyl/N-ethyl adjacent to an activating group) is 1. The van der Waals surface area contributed by atoms with E-state index in [-0.39, 0.29) is 6.04 Å². The van der Waals surface area contributed by atoms with Crippen molar-refractivity contribution in [2.45, 2.75) is 40.2 Å². The van der Waals surface area contributed by atoms with Crippen molar-refractivity contribution in [1.29, 1.82) is 0 Å². The molecule has 0 spiro atoms. The van der Waals surface area contributed by atoms with Gasteiger partial charge in [-0.25, -0.2) is 4.98 Å². The number of aromatic amines is 1. The second-order valence-corrected chi connectivity index (χ2v) is 9.06.